The van der Waals surface area contributed by atoms with Gasteiger partial charge in [0.25, 0.3) is 0 Å². The van der Waals surface area contributed by atoms with Gasteiger partial charge < -0.3 is 24.1 Å². The maximum atomic E-state index is 12.0. The Morgan fingerprint density at radius 2 is 1.23 bits per heavy atom. The van der Waals surface area contributed by atoms with Crippen LogP contribution in [0.1, 0.15) is 11.1 Å². The highest BCUT2D eigenvalue weighted by molar-refractivity contribution is 6.02. The SMILES string of the molecule is COc1ccc(/C=C/C=C/C(O)=C/C(=O)/C=C/c2ccc(OC)c(OC)c2)cc1OC. The third kappa shape index (κ3) is 7.12. The maximum absolute atomic E-state index is 12.0. The number of carbonyl (C=O) groups is 1. The van der Waals surface area contributed by atoms with Crippen molar-refractivity contribution >= 4 is 17.9 Å². The Hall–Kier alpha value is -3.93. The Morgan fingerprint density at radius 3 is 1.74 bits per heavy atom. The number of hydrogen-bond acceptors (Lipinski definition) is 6. The van der Waals surface area contributed by atoms with Crippen LogP contribution in [-0.2, 0) is 4.79 Å². The summed E-state index contributed by atoms with van der Waals surface area (Å²) in [6.07, 6.45) is 10.8. The first-order valence-electron chi connectivity index (χ1n) is 9.42. The van der Waals surface area contributed by atoms with Gasteiger partial charge in [-0.25, -0.2) is 0 Å². The zero-order valence-electron chi connectivity index (χ0n) is 18.0. The molecule has 31 heavy (non-hydrogen) atoms. The third-order valence-electron chi connectivity index (χ3n) is 4.21. The summed E-state index contributed by atoms with van der Waals surface area (Å²) in [6, 6.07) is 10.8. The first-order chi connectivity index (χ1) is 15.0. The summed E-state index contributed by atoms with van der Waals surface area (Å²) in [4.78, 5) is 12.0. The summed E-state index contributed by atoms with van der Waals surface area (Å²) < 4.78 is 20.9. The van der Waals surface area contributed by atoms with Crippen LogP contribution in [-0.4, -0.2) is 39.3 Å². The topological polar surface area (TPSA) is 74.2 Å². The van der Waals surface area contributed by atoms with E-state index in [2.05, 4.69) is 0 Å². The molecule has 0 radical (unpaired) electrons. The predicted molar refractivity (Wildman–Crippen MR) is 122 cm³/mol. The molecule has 0 amide bonds. The van der Waals surface area contributed by atoms with E-state index < -0.39 is 0 Å². The normalized spacial score (nSPS) is 11.9. The van der Waals surface area contributed by atoms with Gasteiger partial charge in [0.05, 0.1) is 28.4 Å². The highest BCUT2D eigenvalue weighted by Gasteiger charge is 2.03. The number of methoxy groups -OCH3 is 4. The number of benzene rings is 2. The molecule has 0 unspecified atom stereocenters. The van der Waals surface area contributed by atoms with Gasteiger partial charge in [0.2, 0.25) is 0 Å². The van der Waals surface area contributed by atoms with E-state index in [1.54, 1.807) is 64.9 Å². The van der Waals surface area contributed by atoms with Gasteiger partial charge in [-0.1, -0.05) is 36.4 Å². The van der Waals surface area contributed by atoms with E-state index in [9.17, 15) is 9.90 Å². The van der Waals surface area contributed by atoms with Gasteiger partial charge in [-0.3, -0.25) is 4.79 Å². The van der Waals surface area contributed by atoms with Gasteiger partial charge >= 0.3 is 0 Å². The van der Waals surface area contributed by atoms with Gasteiger partial charge in [0.1, 0.15) is 5.76 Å². The summed E-state index contributed by atoms with van der Waals surface area (Å²) in [5.41, 5.74) is 1.67. The van der Waals surface area contributed by atoms with Gasteiger partial charge in [-0.2, -0.15) is 0 Å². The fraction of sp³-hybridized carbons (Fsp3) is 0.160. The summed E-state index contributed by atoms with van der Waals surface area (Å²) in [5.74, 6) is 1.95. The molecule has 1 N–H and O–H groups in total. The van der Waals surface area contributed by atoms with E-state index in [1.165, 1.54) is 12.2 Å². The molecule has 0 aromatic heterocycles. The second-order valence-corrected chi connectivity index (χ2v) is 6.25. The standard InChI is InChI=1S/C25H26O6/c1-28-22-13-10-18(15-24(22)30-3)7-5-6-8-20(26)17-21(27)12-9-19-11-14-23(29-2)25(16-19)31-4/h5-17,26H,1-4H3/b7-5+,8-6+,12-9+,20-17-. The molecule has 0 aliphatic heterocycles. The van der Waals surface area contributed by atoms with Crippen molar-refractivity contribution in [3.05, 3.63) is 83.7 Å². The molecule has 0 atom stereocenters. The highest BCUT2D eigenvalue weighted by atomic mass is 16.5. The zero-order valence-corrected chi connectivity index (χ0v) is 18.0. The molecule has 162 valence electrons. The molecular weight excluding hydrogens is 396 g/mol. The minimum atomic E-state index is -0.346. The van der Waals surface area contributed by atoms with Crippen molar-refractivity contribution in [2.24, 2.45) is 0 Å². The molecule has 0 saturated heterocycles. The van der Waals surface area contributed by atoms with Crippen molar-refractivity contribution < 1.29 is 28.8 Å². The lowest BCUT2D eigenvalue weighted by Crippen LogP contribution is -1.91. The molecular formula is C25H26O6. The number of rotatable bonds is 10. The van der Waals surface area contributed by atoms with Crippen molar-refractivity contribution in [2.45, 2.75) is 0 Å². The summed E-state index contributed by atoms with van der Waals surface area (Å²) >= 11 is 0. The molecule has 0 fully saturated rings. The second-order valence-electron chi connectivity index (χ2n) is 6.25. The first kappa shape index (κ1) is 23.3. The number of carbonyl (C=O) groups excluding carboxylic acids is 1. The molecule has 0 aliphatic carbocycles. The Morgan fingerprint density at radius 1 is 0.710 bits per heavy atom. The lowest BCUT2D eigenvalue weighted by molar-refractivity contribution is -0.110. The third-order valence-corrected chi connectivity index (χ3v) is 4.21. The van der Waals surface area contributed by atoms with Crippen molar-refractivity contribution in [1.29, 1.82) is 0 Å². The fourth-order valence-corrected chi connectivity index (χ4v) is 2.65. The van der Waals surface area contributed by atoms with E-state index in [4.69, 9.17) is 18.9 Å². The lowest BCUT2D eigenvalue weighted by atomic mass is 10.1. The van der Waals surface area contributed by atoms with E-state index >= 15 is 0 Å². The number of allylic oxidation sites excluding steroid dienone is 5. The van der Waals surface area contributed by atoms with Crippen molar-refractivity contribution in [3.8, 4) is 23.0 Å². The summed E-state index contributed by atoms with van der Waals surface area (Å²) in [5, 5.41) is 9.93. The summed E-state index contributed by atoms with van der Waals surface area (Å²) in [6.45, 7) is 0. The van der Waals surface area contributed by atoms with Crippen LogP contribution in [0.2, 0.25) is 0 Å². The van der Waals surface area contributed by atoms with Crippen LogP contribution in [0, 0.1) is 0 Å². The average Bonchev–Trinajstić information content (AvgIpc) is 2.79. The predicted octanol–water partition coefficient (Wildman–Crippen LogP) is 5.01. The van der Waals surface area contributed by atoms with Crippen LogP contribution in [0.25, 0.3) is 12.2 Å². The number of ether oxygens (including phenoxy) is 4. The molecule has 0 spiro atoms. The van der Waals surface area contributed by atoms with Crippen LogP contribution in [0.3, 0.4) is 0 Å². The molecule has 0 saturated carbocycles. The Bertz CT molecular complexity index is 1010. The maximum Gasteiger partial charge on any atom is 0.182 e. The molecule has 2 aromatic rings. The van der Waals surface area contributed by atoms with Crippen molar-refractivity contribution in [2.75, 3.05) is 28.4 Å². The van der Waals surface area contributed by atoms with Gasteiger partial charge in [-0.05, 0) is 47.5 Å². The Kier molecular flexibility index (Phi) is 8.98. The van der Waals surface area contributed by atoms with Crippen LogP contribution in [0.5, 0.6) is 23.0 Å². The van der Waals surface area contributed by atoms with E-state index in [0.29, 0.717) is 23.0 Å². The Balaban J connectivity index is 1.98. The quantitative estimate of drug-likeness (QED) is 0.329. The van der Waals surface area contributed by atoms with Gasteiger partial charge in [-0.15, -0.1) is 0 Å². The molecule has 0 heterocycles. The number of aliphatic hydroxyl groups is 1. The van der Waals surface area contributed by atoms with Crippen LogP contribution >= 0.6 is 0 Å². The Labute approximate surface area is 182 Å². The van der Waals surface area contributed by atoms with Crippen LogP contribution in [0.4, 0.5) is 0 Å². The van der Waals surface area contributed by atoms with Gasteiger partial charge in [0, 0.05) is 6.08 Å². The average molecular weight is 422 g/mol. The van der Waals surface area contributed by atoms with Crippen LogP contribution in [0.15, 0.2) is 72.5 Å². The molecule has 6 nitrogen and oxygen atoms in total. The van der Waals surface area contributed by atoms with Gasteiger partial charge in [0.15, 0.2) is 28.8 Å². The molecule has 2 aromatic carbocycles. The minimum absolute atomic E-state index is 0.154. The first-order valence-corrected chi connectivity index (χ1v) is 9.42. The molecule has 0 aliphatic rings. The molecule has 0 bridgehead atoms. The van der Waals surface area contributed by atoms with Crippen molar-refractivity contribution in [1.82, 2.24) is 0 Å². The largest absolute Gasteiger partial charge is 0.508 e. The van der Waals surface area contributed by atoms with Crippen LogP contribution < -0.4 is 18.9 Å². The summed E-state index contributed by atoms with van der Waals surface area (Å²) in [7, 11) is 6.25. The molecule has 2 rings (SSSR count). The number of aliphatic hydroxyl groups excluding tert-OH is 1. The number of hydrogen-bond donors (Lipinski definition) is 1. The minimum Gasteiger partial charge on any atom is -0.508 e. The van der Waals surface area contributed by atoms with E-state index in [0.717, 1.165) is 17.2 Å². The highest BCUT2D eigenvalue weighted by Crippen LogP contribution is 2.28. The molecule has 6 heteroatoms. The number of ketones is 1. The lowest BCUT2D eigenvalue weighted by Gasteiger charge is -2.07. The van der Waals surface area contributed by atoms with E-state index in [1.807, 2.05) is 24.3 Å². The second kappa shape index (κ2) is 11.9. The van der Waals surface area contributed by atoms with Crippen molar-refractivity contribution in [3.63, 3.8) is 0 Å². The fourth-order valence-electron chi connectivity index (χ4n) is 2.65. The van der Waals surface area contributed by atoms with E-state index in [-0.39, 0.29) is 11.5 Å². The smallest absolute Gasteiger partial charge is 0.182 e. The monoisotopic (exact) mass is 422 g/mol. The zero-order chi connectivity index (χ0) is 22.6.